The van der Waals surface area contributed by atoms with Crippen LogP contribution in [0.5, 0.6) is 0 Å². The molecule has 2 rings (SSSR count). The summed E-state index contributed by atoms with van der Waals surface area (Å²) in [6.07, 6.45) is -0.514. The number of aliphatic hydroxyl groups is 1. The van der Waals surface area contributed by atoms with Crippen molar-refractivity contribution in [2.75, 3.05) is 13.6 Å². The van der Waals surface area contributed by atoms with Crippen LogP contribution in [-0.4, -0.2) is 41.5 Å². The van der Waals surface area contributed by atoms with Crippen molar-refractivity contribution in [2.24, 2.45) is 11.8 Å². The lowest BCUT2D eigenvalue weighted by molar-refractivity contribution is -0.128. The Bertz CT molecular complexity index is 574. The summed E-state index contributed by atoms with van der Waals surface area (Å²) in [4.78, 5) is 26.0. The van der Waals surface area contributed by atoms with Gasteiger partial charge in [-0.05, 0) is 23.6 Å². The first kappa shape index (κ1) is 17.4. The van der Waals surface area contributed by atoms with Gasteiger partial charge >= 0.3 is 0 Å². The van der Waals surface area contributed by atoms with Crippen molar-refractivity contribution >= 4 is 11.8 Å². The van der Waals surface area contributed by atoms with Crippen LogP contribution in [0.4, 0.5) is 4.39 Å². The molecule has 2 N–H and O–H groups in total. The second kappa shape index (κ2) is 7.08. The number of nitrogens with zero attached hydrogens (tertiary/aromatic N) is 1. The average Bonchev–Trinajstić information content (AvgIpc) is 2.81. The van der Waals surface area contributed by atoms with Crippen LogP contribution < -0.4 is 5.32 Å². The normalized spacial score (nSPS) is 22.5. The molecule has 0 aliphatic carbocycles. The molecule has 1 aromatic rings. The van der Waals surface area contributed by atoms with Crippen LogP contribution in [0.1, 0.15) is 31.9 Å². The van der Waals surface area contributed by atoms with Crippen molar-refractivity contribution in [1.29, 1.82) is 0 Å². The SMILES string of the molecule is CC(C)C(O)CNC(=O)C1CC(=O)N(C)C1c1ccc(F)cc1. The molecule has 1 aliphatic rings. The molecule has 3 atom stereocenters. The van der Waals surface area contributed by atoms with Crippen molar-refractivity contribution in [3.05, 3.63) is 35.6 Å². The van der Waals surface area contributed by atoms with Gasteiger partial charge in [-0.2, -0.15) is 0 Å². The van der Waals surface area contributed by atoms with E-state index in [0.717, 1.165) is 5.56 Å². The summed E-state index contributed by atoms with van der Waals surface area (Å²) in [5.41, 5.74) is 0.726. The molecule has 1 heterocycles. The molecule has 1 aromatic carbocycles. The molecule has 3 unspecified atom stereocenters. The molecule has 5 nitrogen and oxygen atoms in total. The minimum atomic E-state index is -0.627. The lowest BCUT2D eigenvalue weighted by atomic mass is 9.92. The van der Waals surface area contributed by atoms with Crippen LogP contribution in [0.25, 0.3) is 0 Å². The maximum absolute atomic E-state index is 13.1. The third-order valence-electron chi connectivity index (χ3n) is 4.39. The number of rotatable bonds is 5. The Labute approximate surface area is 135 Å². The van der Waals surface area contributed by atoms with Crippen molar-refractivity contribution in [3.63, 3.8) is 0 Å². The fourth-order valence-corrected chi connectivity index (χ4v) is 2.79. The molecule has 0 aromatic heterocycles. The minimum absolute atomic E-state index is 0.0380. The summed E-state index contributed by atoms with van der Waals surface area (Å²) in [6.45, 7) is 3.89. The number of hydrogen-bond acceptors (Lipinski definition) is 3. The zero-order valence-corrected chi connectivity index (χ0v) is 13.6. The third kappa shape index (κ3) is 3.88. The summed E-state index contributed by atoms with van der Waals surface area (Å²) in [5.74, 6) is -1.25. The van der Waals surface area contributed by atoms with E-state index in [1.54, 1.807) is 19.2 Å². The highest BCUT2D eigenvalue weighted by Gasteiger charge is 2.42. The van der Waals surface area contributed by atoms with Gasteiger partial charge in [-0.25, -0.2) is 4.39 Å². The second-order valence-electron chi connectivity index (χ2n) is 6.37. The van der Waals surface area contributed by atoms with Crippen molar-refractivity contribution < 1.29 is 19.1 Å². The fourth-order valence-electron chi connectivity index (χ4n) is 2.79. The number of nitrogens with one attached hydrogen (secondary N) is 1. The van der Waals surface area contributed by atoms with Gasteiger partial charge in [0.05, 0.1) is 18.1 Å². The number of halogens is 1. The number of carbonyl (C=O) groups is 2. The molecule has 2 amide bonds. The topological polar surface area (TPSA) is 69.6 Å². The van der Waals surface area contributed by atoms with Crippen LogP contribution in [-0.2, 0) is 9.59 Å². The van der Waals surface area contributed by atoms with E-state index in [0.29, 0.717) is 0 Å². The predicted molar refractivity (Wildman–Crippen MR) is 83.9 cm³/mol. The highest BCUT2D eigenvalue weighted by atomic mass is 19.1. The van der Waals surface area contributed by atoms with Crippen LogP contribution in [0, 0.1) is 17.7 Å². The zero-order chi connectivity index (χ0) is 17.1. The lowest BCUT2D eigenvalue weighted by Crippen LogP contribution is -2.39. The van der Waals surface area contributed by atoms with Crippen molar-refractivity contribution in [2.45, 2.75) is 32.4 Å². The number of likely N-dealkylation sites (tertiary alicyclic amines) is 1. The lowest BCUT2D eigenvalue weighted by Gasteiger charge is -2.25. The van der Waals surface area contributed by atoms with E-state index >= 15 is 0 Å². The highest BCUT2D eigenvalue weighted by molar-refractivity contribution is 5.90. The summed E-state index contributed by atoms with van der Waals surface area (Å²) >= 11 is 0. The van der Waals surface area contributed by atoms with Gasteiger partial charge < -0.3 is 15.3 Å². The summed E-state index contributed by atoms with van der Waals surface area (Å²) in [6, 6.07) is 5.42. The van der Waals surface area contributed by atoms with Gasteiger partial charge in [0.1, 0.15) is 5.82 Å². The standard InChI is InChI=1S/C17H23FN2O3/c1-10(2)14(21)9-19-17(23)13-8-15(22)20(3)16(13)11-4-6-12(18)7-5-11/h4-7,10,13-14,16,21H,8-9H2,1-3H3,(H,19,23). The van der Waals surface area contributed by atoms with Gasteiger partial charge in [-0.3, -0.25) is 9.59 Å². The highest BCUT2D eigenvalue weighted by Crippen LogP contribution is 2.37. The van der Waals surface area contributed by atoms with Gasteiger partial charge in [-0.1, -0.05) is 26.0 Å². The van der Waals surface area contributed by atoms with E-state index < -0.39 is 18.1 Å². The fraction of sp³-hybridized carbons (Fsp3) is 0.529. The Morgan fingerprint density at radius 1 is 1.39 bits per heavy atom. The van der Waals surface area contributed by atoms with Gasteiger partial charge in [0.15, 0.2) is 0 Å². The summed E-state index contributed by atoms with van der Waals surface area (Å²) in [7, 11) is 1.65. The van der Waals surface area contributed by atoms with E-state index in [2.05, 4.69) is 5.32 Å². The molecule has 1 fully saturated rings. The smallest absolute Gasteiger partial charge is 0.226 e. The first-order valence-corrected chi connectivity index (χ1v) is 7.78. The van der Waals surface area contributed by atoms with Crippen LogP contribution in [0.2, 0.25) is 0 Å². The predicted octanol–water partition coefficient (Wildman–Crippen LogP) is 1.48. The summed E-state index contributed by atoms with van der Waals surface area (Å²) < 4.78 is 13.1. The zero-order valence-electron chi connectivity index (χ0n) is 13.6. The Balaban J connectivity index is 2.13. The maximum atomic E-state index is 13.1. The van der Waals surface area contributed by atoms with E-state index in [-0.39, 0.29) is 36.5 Å². The van der Waals surface area contributed by atoms with Gasteiger partial charge in [0, 0.05) is 20.0 Å². The first-order valence-electron chi connectivity index (χ1n) is 7.78. The quantitative estimate of drug-likeness (QED) is 0.863. The van der Waals surface area contributed by atoms with E-state index in [1.165, 1.54) is 17.0 Å². The van der Waals surface area contributed by atoms with Gasteiger partial charge in [0.25, 0.3) is 0 Å². The number of benzene rings is 1. The molecule has 0 saturated carbocycles. The average molecular weight is 322 g/mol. The Hall–Kier alpha value is -1.95. The molecule has 0 bridgehead atoms. The molecular formula is C17H23FN2O3. The third-order valence-corrected chi connectivity index (χ3v) is 4.39. The Morgan fingerprint density at radius 2 is 2.00 bits per heavy atom. The van der Waals surface area contributed by atoms with E-state index in [4.69, 9.17) is 0 Å². The molecular weight excluding hydrogens is 299 g/mol. The largest absolute Gasteiger partial charge is 0.391 e. The number of carbonyl (C=O) groups excluding carboxylic acids is 2. The van der Waals surface area contributed by atoms with E-state index in [1.807, 2.05) is 13.8 Å². The number of aliphatic hydroxyl groups excluding tert-OH is 1. The minimum Gasteiger partial charge on any atom is -0.391 e. The van der Waals surface area contributed by atoms with Gasteiger partial charge in [0.2, 0.25) is 11.8 Å². The Kier molecular flexibility index (Phi) is 5.36. The molecule has 1 saturated heterocycles. The monoisotopic (exact) mass is 322 g/mol. The maximum Gasteiger partial charge on any atom is 0.226 e. The molecule has 1 aliphatic heterocycles. The second-order valence-corrected chi connectivity index (χ2v) is 6.37. The molecule has 6 heteroatoms. The van der Waals surface area contributed by atoms with Crippen LogP contribution in [0.15, 0.2) is 24.3 Å². The van der Waals surface area contributed by atoms with Crippen molar-refractivity contribution in [3.8, 4) is 0 Å². The number of hydrogen-bond donors (Lipinski definition) is 2. The van der Waals surface area contributed by atoms with Gasteiger partial charge in [-0.15, -0.1) is 0 Å². The number of amides is 2. The van der Waals surface area contributed by atoms with Crippen molar-refractivity contribution in [1.82, 2.24) is 10.2 Å². The van der Waals surface area contributed by atoms with Crippen LogP contribution in [0.3, 0.4) is 0 Å². The Morgan fingerprint density at radius 3 is 2.57 bits per heavy atom. The first-order chi connectivity index (χ1) is 10.8. The van der Waals surface area contributed by atoms with Crippen LogP contribution >= 0.6 is 0 Å². The molecule has 23 heavy (non-hydrogen) atoms. The molecule has 126 valence electrons. The molecule has 0 radical (unpaired) electrons. The van der Waals surface area contributed by atoms with E-state index in [9.17, 15) is 19.1 Å². The summed E-state index contributed by atoms with van der Waals surface area (Å²) in [5, 5.41) is 12.5. The molecule has 0 spiro atoms.